The van der Waals surface area contributed by atoms with Crippen molar-refractivity contribution in [2.45, 2.75) is 79.1 Å². The van der Waals surface area contributed by atoms with E-state index in [1.54, 1.807) is 0 Å². The van der Waals surface area contributed by atoms with Crippen LogP contribution in [0.1, 0.15) is 107 Å². The Kier molecular flexibility index (Phi) is 9.96. The van der Waals surface area contributed by atoms with Crippen molar-refractivity contribution >= 4 is 28.4 Å². The van der Waals surface area contributed by atoms with Gasteiger partial charge in [0.05, 0.1) is 0 Å². The third-order valence-electron chi connectivity index (χ3n) is 9.70. The van der Waals surface area contributed by atoms with Crippen molar-refractivity contribution in [2.24, 2.45) is 0 Å². The first-order valence-corrected chi connectivity index (χ1v) is 17.9. The maximum Gasteiger partial charge on any atom is 0.187 e. The Morgan fingerprint density at radius 2 is 0.729 bits per heavy atom. The van der Waals surface area contributed by atoms with Crippen LogP contribution in [0.25, 0.3) is 0 Å². The van der Waals surface area contributed by atoms with Gasteiger partial charge >= 0.3 is 0 Å². The van der Waals surface area contributed by atoms with Crippen molar-refractivity contribution in [3.05, 3.63) is 155 Å². The van der Waals surface area contributed by atoms with E-state index in [-0.39, 0.29) is 0 Å². The van der Waals surface area contributed by atoms with E-state index in [0.29, 0.717) is 23.7 Å². The van der Waals surface area contributed by atoms with Crippen LogP contribution < -0.4 is 14.7 Å². The maximum absolute atomic E-state index is 2.65. The van der Waals surface area contributed by atoms with Gasteiger partial charge in [-0.15, -0.1) is 0 Å². The minimum absolute atomic E-state index is 0.413. The van der Waals surface area contributed by atoms with Crippen molar-refractivity contribution in [2.75, 3.05) is 27.8 Å². The Balaban J connectivity index is 1.54. The Labute approximate surface area is 289 Å². The Hall–Kier alpha value is -4.50. The molecule has 0 aliphatic carbocycles. The molecule has 0 N–H and O–H groups in total. The van der Waals surface area contributed by atoms with Crippen LogP contribution in [0.15, 0.2) is 121 Å². The molecule has 0 spiro atoms. The van der Waals surface area contributed by atoms with Crippen LogP contribution in [0, 0.1) is 6.17 Å². The molecular weight excluding hydrogens is 583 g/mol. The third-order valence-corrected chi connectivity index (χ3v) is 9.70. The fourth-order valence-corrected chi connectivity index (χ4v) is 7.31. The SMILES string of the molecule is CC(C)c1cccc(C(C)C)c1N1CCN(c2c(C(C)C)cccc2C(C)C)[C]1c1ccc(N(c2ccccc2)c2ccccc2)cc1. The molecule has 0 saturated carbocycles. The number of hydrogen-bond acceptors (Lipinski definition) is 3. The molecule has 1 radical (unpaired) electrons. The highest BCUT2D eigenvalue weighted by Gasteiger charge is 2.40. The van der Waals surface area contributed by atoms with Crippen molar-refractivity contribution in [3.63, 3.8) is 0 Å². The maximum atomic E-state index is 2.65. The molecule has 0 atom stereocenters. The van der Waals surface area contributed by atoms with Crippen LogP contribution in [0.2, 0.25) is 0 Å². The molecular formula is C45H52N3. The molecule has 247 valence electrons. The fraction of sp³-hybridized carbons (Fsp3) is 0.311. The first kappa shape index (κ1) is 33.4. The van der Waals surface area contributed by atoms with Crippen molar-refractivity contribution in [3.8, 4) is 0 Å². The molecule has 6 rings (SSSR count). The highest BCUT2D eigenvalue weighted by atomic mass is 15.4. The number of benzene rings is 5. The van der Waals surface area contributed by atoms with Gasteiger partial charge in [0.1, 0.15) is 0 Å². The number of nitrogens with zero attached hydrogens (tertiary/aromatic N) is 3. The van der Waals surface area contributed by atoms with Crippen molar-refractivity contribution < 1.29 is 0 Å². The summed E-state index contributed by atoms with van der Waals surface area (Å²) in [6.45, 7) is 20.5. The first-order valence-electron chi connectivity index (χ1n) is 17.9. The smallest absolute Gasteiger partial charge is 0.187 e. The van der Waals surface area contributed by atoms with Crippen LogP contribution in [0.5, 0.6) is 0 Å². The monoisotopic (exact) mass is 634 g/mol. The molecule has 1 aliphatic heterocycles. The first-order chi connectivity index (χ1) is 23.2. The molecule has 3 nitrogen and oxygen atoms in total. The third kappa shape index (κ3) is 6.48. The molecule has 5 aromatic rings. The number of para-hydroxylation sites is 4. The lowest BCUT2D eigenvalue weighted by Crippen LogP contribution is -2.34. The summed E-state index contributed by atoms with van der Waals surface area (Å²) in [7, 11) is 0. The van der Waals surface area contributed by atoms with Crippen LogP contribution in [0.3, 0.4) is 0 Å². The van der Waals surface area contributed by atoms with Crippen LogP contribution in [0.4, 0.5) is 28.4 Å². The number of rotatable bonds is 10. The zero-order valence-corrected chi connectivity index (χ0v) is 30.1. The quantitative estimate of drug-likeness (QED) is 0.151. The van der Waals surface area contributed by atoms with Gasteiger partial charge in [0.15, 0.2) is 6.17 Å². The lowest BCUT2D eigenvalue weighted by molar-refractivity contribution is 0.799. The second kappa shape index (κ2) is 14.3. The predicted molar refractivity (Wildman–Crippen MR) is 207 cm³/mol. The summed E-state index contributed by atoms with van der Waals surface area (Å²) in [5.74, 6) is 1.65. The summed E-state index contributed by atoms with van der Waals surface area (Å²) in [5.41, 5.74) is 13.1. The van der Waals surface area contributed by atoms with E-state index in [0.717, 1.165) is 30.2 Å². The van der Waals surface area contributed by atoms with Gasteiger partial charge in [-0.2, -0.15) is 0 Å². The largest absolute Gasteiger partial charge is 0.339 e. The van der Waals surface area contributed by atoms with E-state index in [2.05, 4.69) is 191 Å². The fourth-order valence-electron chi connectivity index (χ4n) is 7.31. The van der Waals surface area contributed by atoms with E-state index in [9.17, 15) is 0 Å². The lowest BCUT2D eigenvalue weighted by Gasteiger charge is -2.37. The second-order valence-electron chi connectivity index (χ2n) is 14.4. The average molecular weight is 635 g/mol. The second-order valence-corrected chi connectivity index (χ2v) is 14.4. The summed E-state index contributed by atoms with van der Waals surface area (Å²) in [5, 5.41) is 0. The summed E-state index contributed by atoms with van der Waals surface area (Å²) >= 11 is 0. The van der Waals surface area contributed by atoms with Gasteiger partial charge in [-0.1, -0.05) is 140 Å². The van der Waals surface area contributed by atoms with Crippen LogP contribution in [-0.2, 0) is 0 Å². The Bertz CT molecular complexity index is 1620. The highest BCUT2D eigenvalue weighted by Crippen LogP contribution is 2.47. The topological polar surface area (TPSA) is 9.72 Å². The number of hydrogen-bond donors (Lipinski definition) is 0. The zero-order valence-electron chi connectivity index (χ0n) is 30.1. The number of anilines is 5. The normalized spacial score (nSPS) is 13.8. The van der Waals surface area contributed by atoms with Gasteiger partial charge in [-0.05, 0) is 82.3 Å². The van der Waals surface area contributed by atoms with Crippen LogP contribution >= 0.6 is 0 Å². The summed E-state index contributed by atoms with van der Waals surface area (Å²) in [6, 6.07) is 44.5. The van der Waals surface area contributed by atoms with Gasteiger partial charge in [-0.3, -0.25) is 0 Å². The summed E-state index contributed by atoms with van der Waals surface area (Å²) < 4.78 is 0. The molecule has 5 aromatic carbocycles. The van der Waals surface area contributed by atoms with Crippen molar-refractivity contribution in [1.82, 2.24) is 0 Å². The Morgan fingerprint density at radius 3 is 1.06 bits per heavy atom. The average Bonchev–Trinajstić information content (AvgIpc) is 3.53. The van der Waals surface area contributed by atoms with E-state index >= 15 is 0 Å². The minimum Gasteiger partial charge on any atom is -0.339 e. The van der Waals surface area contributed by atoms with Crippen molar-refractivity contribution in [1.29, 1.82) is 0 Å². The molecule has 1 fully saturated rings. The van der Waals surface area contributed by atoms with Gasteiger partial charge < -0.3 is 14.7 Å². The minimum atomic E-state index is 0.413. The van der Waals surface area contributed by atoms with Gasteiger partial charge in [-0.25, -0.2) is 0 Å². The lowest BCUT2D eigenvalue weighted by atomic mass is 9.90. The van der Waals surface area contributed by atoms with E-state index in [4.69, 9.17) is 0 Å². The molecule has 0 unspecified atom stereocenters. The van der Waals surface area contributed by atoms with E-state index in [1.807, 2.05) is 0 Å². The zero-order chi connectivity index (χ0) is 33.9. The molecule has 0 amide bonds. The summed E-state index contributed by atoms with van der Waals surface area (Å²) in [6.07, 6.45) is 1.28. The molecule has 1 heterocycles. The van der Waals surface area contributed by atoms with Crippen LogP contribution in [-0.4, -0.2) is 13.1 Å². The molecule has 3 heteroatoms. The molecule has 48 heavy (non-hydrogen) atoms. The standard InChI is InChI=1S/C45H52N3/c1-31(2)39-21-15-22-40(32(3)4)43(39)46-29-30-47(44-41(33(5)6)23-16-24-42(44)34(7)8)45(46)35-25-27-38(28-26-35)48(36-17-11-9-12-18-36)37-19-13-10-14-20-37/h9-28,31-34H,29-30H2,1-8H3. The molecule has 1 saturated heterocycles. The predicted octanol–water partition coefficient (Wildman–Crippen LogP) is 12.5. The molecule has 0 aromatic heterocycles. The van der Waals surface area contributed by atoms with E-state index in [1.165, 1.54) is 45.4 Å². The van der Waals surface area contributed by atoms with Gasteiger partial charge in [0.25, 0.3) is 0 Å². The Morgan fingerprint density at radius 1 is 0.396 bits per heavy atom. The van der Waals surface area contributed by atoms with E-state index < -0.39 is 0 Å². The van der Waals surface area contributed by atoms with Gasteiger partial charge in [0.2, 0.25) is 0 Å². The highest BCUT2D eigenvalue weighted by molar-refractivity contribution is 5.79. The molecule has 0 bridgehead atoms. The van der Waals surface area contributed by atoms with Gasteiger partial charge in [0, 0.05) is 47.1 Å². The summed E-state index contributed by atoms with van der Waals surface area (Å²) in [4.78, 5) is 7.63. The molecule has 1 aliphatic rings.